The van der Waals surface area contributed by atoms with Gasteiger partial charge in [0.2, 0.25) is 10.0 Å². The summed E-state index contributed by atoms with van der Waals surface area (Å²) in [6.07, 6.45) is 1.41. The molecular formula is C22H18N4O6S. The number of aromatic nitrogens is 2. The summed E-state index contributed by atoms with van der Waals surface area (Å²) in [5.41, 5.74) is -0.994. The van der Waals surface area contributed by atoms with E-state index in [1.807, 2.05) is 6.07 Å². The van der Waals surface area contributed by atoms with Crippen LogP contribution in [0.2, 0.25) is 0 Å². The Kier molecular flexibility index (Phi) is 5.82. The number of hydrogen-bond donors (Lipinski definition) is 3. The lowest BCUT2D eigenvalue weighted by atomic mass is 10.1. The Bertz CT molecular complexity index is 1520. The van der Waals surface area contributed by atoms with Crippen molar-refractivity contribution in [2.45, 2.75) is 11.5 Å². The number of benzene rings is 2. The highest BCUT2D eigenvalue weighted by atomic mass is 32.2. The molecule has 0 fully saturated rings. The van der Waals surface area contributed by atoms with Crippen LogP contribution in [0.25, 0.3) is 11.0 Å². The number of nitrogens with zero attached hydrogens (tertiary/aromatic N) is 2. The molecule has 0 bridgehead atoms. The third-order valence-corrected chi connectivity index (χ3v) is 5.71. The molecule has 33 heavy (non-hydrogen) atoms. The van der Waals surface area contributed by atoms with Crippen LogP contribution in [0.4, 0.5) is 5.69 Å². The van der Waals surface area contributed by atoms with Crippen molar-refractivity contribution in [2.24, 2.45) is 5.14 Å². The highest BCUT2D eigenvalue weighted by Gasteiger charge is 2.25. The van der Waals surface area contributed by atoms with Crippen LogP contribution in [-0.4, -0.2) is 29.1 Å². The number of hydrogen-bond acceptors (Lipinski definition) is 7. The molecule has 0 unspecified atom stereocenters. The Morgan fingerprint density at radius 2 is 1.76 bits per heavy atom. The van der Waals surface area contributed by atoms with E-state index < -0.39 is 32.8 Å². The fourth-order valence-electron chi connectivity index (χ4n) is 3.22. The molecule has 10 nitrogen and oxygen atoms in total. The molecule has 2 heterocycles. The van der Waals surface area contributed by atoms with Gasteiger partial charge in [-0.05, 0) is 29.8 Å². The SMILES string of the molecule is NS(=O)(=O)c1ccccc1NC(=O)c1c(O)c2cccnc2n(OCc2ccccc2)c1=O. The number of para-hydroxylation sites is 1. The second-order valence-electron chi connectivity index (χ2n) is 6.95. The van der Waals surface area contributed by atoms with Crippen molar-refractivity contribution in [3.8, 4) is 5.75 Å². The summed E-state index contributed by atoms with van der Waals surface area (Å²) >= 11 is 0. The predicted octanol–water partition coefficient (Wildman–Crippen LogP) is 1.63. The molecule has 1 amide bonds. The van der Waals surface area contributed by atoms with Gasteiger partial charge in [0.25, 0.3) is 5.91 Å². The van der Waals surface area contributed by atoms with Gasteiger partial charge < -0.3 is 15.3 Å². The van der Waals surface area contributed by atoms with Crippen LogP contribution in [0.3, 0.4) is 0 Å². The molecule has 0 spiro atoms. The van der Waals surface area contributed by atoms with Crippen molar-refractivity contribution in [2.75, 3.05) is 5.32 Å². The van der Waals surface area contributed by atoms with Crippen LogP contribution in [0.1, 0.15) is 15.9 Å². The predicted molar refractivity (Wildman–Crippen MR) is 120 cm³/mol. The lowest BCUT2D eigenvalue weighted by Crippen LogP contribution is -2.34. The molecule has 0 aliphatic heterocycles. The first-order chi connectivity index (χ1) is 15.8. The number of nitrogens with one attached hydrogen (secondary N) is 1. The third kappa shape index (κ3) is 4.40. The summed E-state index contributed by atoms with van der Waals surface area (Å²) in [5.74, 6) is -1.66. The topological polar surface area (TPSA) is 154 Å². The first-order valence-electron chi connectivity index (χ1n) is 9.60. The number of sulfonamides is 1. The van der Waals surface area contributed by atoms with E-state index in [0.29, 0.717) is 0 Å². The molecule has 2 aromatic heterocycles. The first-order valence-corrected chi connectivity index (χ1v) is 11.1. The van der Waals surface area contributed by atoms with Crippen LogP contribution in [0.15, 0.2) is 82.6 Å². The summed E-state index contributed by atoms with van der Waals surface area (Å²) in [5, 5.41) is 18.3. The van der Waals surface area contributed by atoms with E-state index in [0.717, 1.165) is 10.3 Å². The van der Waals surface area contributed by atoms with E-state index in [2.05, 4.69) is 10.3 Å². The average molecular weight is 466 g/mol. The van der Waals surface area contributed by atoms with Gasteiger partial charge in [0.15, 0.2) is 11.2 Å². The lowest BCUT2D eigenvalue weighted by molar-refractivity contribution is 0.0928. The first kappa shape index (κ1) is 22.0. The minimum absolute atomic E-state index is 0.00743. The monoisotopic (exact) mass is 466 g/mol. The smallest absolute Gasteiger partial charge is 0.301 e. The second kappa shape index (κ2) is 8.73. The molecule has 0 saturated carbocycles. The maximum absolute atomic E-state index is 13.2. The van der Waals surface area contributed by atoms with Crippen molar-refractivity contribution in [3.63, 3.8) is 0 Å². The number of carbonyl (C=O) groups excluding carboxylic acids is 1. The number of anilines is 1. The van der Waals surface area contributed by atoms with E-state index in [4.69, 9.17) is 9.98 Å². The second-order valence-corrected chi connectivity index (χ2v) is 8.48. The van der Waals surface area contributed by atoms with Gasteiger partial charge in [-0.3, -0.25) is 9.59 Å². The maximum Gasteiger partial charge on any atom is 0.301 e. The summed E-state index contributed by atoms with van der Waals surface area (Å²) in [6, 6.07) is 17.4. The molecule has 0 aliphatic rings. The van der Waals surface area contributed by atoms with Crippen molar-refractivity contribution in [3.05, 3.63) is 94.4 Å². The molecule has 2 aromatic carbocycles. The van der Waals surface area contributed by atoms with Crippen molar-refractivity contribution >= 4 is 32.7 Å². The molecule has 0 aliphatic carbocycles. The van der Waals surface area contributed by atoms with Gasteiger partial charge in [-0.2, -0.15) is 0 Å². The van der Waals surface area contributed by atoms with Crippen molar-refractivity contribution in [1.29, 1.82) is 0 Å². The van der Waals surface area contributed by atoms with Gasteiger partial charge in [-0.15, -0.1) is 4.73 Å². The Hall–Kier alpha value is -4.22. The van der Waals surface area contributed by atoms with Gasteiger partial charge in [-0.25, -0.2) is 18.5 Å². The normalized spacial score (nSPS) is 11.3. The van der Waals surface area contributed by atoms with Gasteiger partial charge in [-0.1, -0.05) is 42.5 Å². The molecule has 11 heteroatoms. The molecule has 0 radical (unpaired) electrons. The molecule has 0 atom stereocenters. The van der Waals surface area contributed by atoms with E-state index in [9.17, 15) is 23.1 Å². The molecule has 0 saturated heterocycles. The van der Waals surface area contributed by atoms with Crippen molar-refractivity contribution < 1.29 is 23.2 Å². The highest BCUT2D eigenvalue weighted by molar-refractivity contribution is 7.89. The number of rotatable bonds is 6. The number of nitrogens with two attached hydrogens (primary N) is 1. The zero-order chi connectivity index (χ0) is 23.6. The summed E-state index contributed by atoms with van der Waals surface area (Å²) in [6.45, 7) is -0.00743. The largest absolute Gasteiger partial charge is 0.506 e. The Balaban J connectivity index is 1.80. The van der Waals surface area contributed by atoms with Gasteiger partial charge in [0.1, 0.15) is 17.3 Å². The highest BCUT2D eigenvalue weighted by Crippen LogP contribution is 2.26. The Morgan fingerprint density at radius 1 is 1.06 bits per heavy atom. The fourth-order valence-corrected chi connectivity index (χ4v) is 3.91. The molecule has 4 rings (SSSR count). The van der Waals surface area contributed by atoms with Crippen LogP contribution >= 0.6 is 0 Å². The van der Waals surface area contributed by atoms with E-state index in [-0.39, 0.29) is 28.2 Å². The van der Waals surface area contributed by atoms with Crippen LogP contribution in [0, 0.1) is 0 Å². The Labute approximate surface area is 187 Å². The number of carbonyl (C=O) groups is 1. The maximum atomic E-state index is 13.2. The number of pyridine rings is 2. The minimum atomic E-state index is -4.16. The number of primary sulfonamides is 1. The van der Waals surface area contributed by atoms with Gasteiger partial charge in [0, 0.05) is 6.20 Å². The van der Waals surface area contributed by atoms with E-state index in [1.54, 1.807) is 24.3 Å². The standard InChI is InChI=1S/C22H18N4O6S/c23-33(30,31)17-11-5-4-10-16(17)25-21(28)18-19(27)15-9-6-12-24-20(15)26(22(18)29)32-13-14-7-2-1-3-8-14/h1-12,27H,13H2,(H,25,28)(H2,23,30,31). The zero-order valence-corrected chi connectivity index (χ0v) is 17.8. The van der Waals surface area contributed by atoms with Crippen LogP contribution in [-0.2, 0) is 16.6 Å². The lowest BCUT2D eigenvalue weighted by Gasteiger charge is -2.15. The summed E-state index contributed by atoms with van der Waals surface area (Å²) < 4.78 is 24.5. The zero-order valence-electron chi connectivity index (χ0n) is 17.0. The molecular weight excluding hydrogens is 448 g/mol. The van der Waals surface area contributed by atoms with Gasteiger partial charge >= 0.3 is 5.56 Å². The van der Waals surface area contributed by atoms with Crippen LogP contribution < -0.4 is 20.9 Å². The van der Waals surface area contributed by atoms with E-state index in [1.165, 1.54) is 42.6 Å². The summed E-state index contributed by atoms with van der Waals surface area (Å²) in [4.78, 5) is 35.6. The van der Waals surface area contributed by atoms with E-state index >= 15 is 0 Å². The van der Waals surface area contributed by atoms with Crippen LogP contribution in [0.5, 0.6) is 5.75 Å². The fraction of sp³-hybridized carbons (Fsp3) is 0.0455. The molecule has 4 aromatic rings. The minimum Gasteiger partial charge on any atom is -0.506 e. The number of aromatic hydroxyl groups is 1. The Morgan fingerprint density at radius 3 is 2.48 bits per heavy atom. The quantitative estimate of drug-likeness (QED) is 0.390. The van der Waals surface area contributed by atoms with Crippen molar-refractivity contribution in [1.82, 2.24) is 9.71 Å². The molecule has 4 N–H and O–H groups in total. The number of amides is 1. The number of fused-ring (bicyclic) bond motifs is 1. The van der Waals surface area contributed by atoms with Gasteiger partial charge in [0.05, 0.1) is 11.1 Å². The summed E-state index contributed by atoms with van der Waals surface area (Å²) in [7, 11) is -4.16. The molecule has 168 valence electrons. The average Bonchev–Trinajstić information content (AvgIpc) is 2.79. The third-order valence-electron chi connectivity index (χ3n) is 4.74.